The largest absolute Gasteiger partial charge is 0.493 e. The van der Waals surface area contributed by atoms with Crippen LogP contribution in [-0.2, 0) is 22.6 Å². The molecule has 0 bridgehead atoms. The third kappa shape index (κ3) is 2.90. The average molecular weight is 428 g/mol. The first-order chi connectivity index (χ1) is 15.6. The Morgan fingerprint density at radius 3 is 2.69 bits per heavy atom. The number of piperidine rings is 1. The van der Waals surface area contributed by atoms with E-state index in [0.29, 0.717) is 25.1 Å². The first-order valence-corrected chi connectivity index (χ1v) is 10.7. The molecule has 4 heterocycles. The molecule has 3 aromatic rings. The van der Waals surface area contributed by atoms with Crippen LogP contribution < -0.4 is 10.1 Å². The lowest BCUT2D eigenvalue weighted by Gasteiger charge is -2.29. The van der Waals surface area contributed by atoms with Gasteiger partial charge in [0, 0.05) is 36.1 Å². The Hall–Kier alpha value is -3.94. The summed E-state index contributed by atoms with van der Waals surface area (Å²) < 4.78 is 5.61. The molecule has 2 N–H and O–H groups in total. The molecule has 1 unspecified atom stereocenters. The first-order valence-electron chi connectivity index (χ1n) is 10.7. The molecule has 0 aliphatic carbocycles. The molecule has 3 aliphatic heterocycles. The molecule has 0 spiro atoms. The Morgan fingerprint density at radius 1 is 0.969 bits per heavy atom. The molecule has 1 fully saturated rings. The van der Waals surface area contributed by atoms with Crippen LogP contribution in [0.25, 0.3) is 22.4 Å². The number of aromatic nitrogens is 2. The highest BCUT2D eigenvalue weighted by atomic mass is 16.5. The summed E-state index contributed by atoms with van der Waals surface area (Å²) in [5.41, 5.74) is 6.47. The topological polar surface area (TPSA) is 104 Å². The summed E-state index contributed by atoms with van der Waals surface area (Å²) in [4.78, 5) is 38.3. The lowest BCUT2D eigenvalue weighted by molar-refractivity contribution is -0.136. The van der Waals surface area contributed by atoms with Crippen molar-refractivity contribution < 1.29 is 19.1 Å². The van der Waals surface area contributed by atoms with E-state index in [-0.39, 0.29) is 18.2 Å². The smallest absolute Gasteiger partial charge is 0.255 e. The Balaban J connectivity index is 1.32. The van der Waals surface area contributed by atoms with Crippen molar-refractivity contribution in [1.82, 2.24) is 20.4 Å². The summed E-state index contributed by atoms with van der Waals surface area (Å²) in [6, 6.07) is 11.2. The van der Waals surface area contributed by atoms with Gasteiger partial charge >= 0.3 is 0 Å². The summed E-state index contributed by atoms with van der Waals surface area (Å²) in [6.07, 6.45) is 3.27. The van der Waals surface area contributed by atoms with E-state index >= 15 is 0 Å². The minimum absolute atomic E-state index is 0.174. The van der Waals surface area contributed by atoms with Crippen LogP contribution in [-0.4, -0.2) is 45.5 Å². The molecule has 1 aromatic heterocycles. The fourth-order valence-electron chi connectivity index (χ4n) is 4.81. The number of nitrogens with one attached hydrogen (secondary N) is 2. The Kier molecular flexibility index (Phi) is 4.14. The van der Waals surface area contributed by atoms with Crippen LogP contribution in [0.2, 0.25) is 0 Å². The zero-order valence-electron chi connectivity index (χ0n) is 17.2. The zero-order valence-corrected chi connectivity index (χ0v) is 17.2. The average Bonchev–Trinajstić information content (AvgIpc) is 3.52. The predicted molar refractivity (Wildman–Crippen MR) is 115 cm³/mol. The number of carbonyl (C=O) groups is 3. The van der Waals surface area contributed by atoms with E-state index in [4.69, 9.17) is 4.74 Å². The van der Waals surface area contributed by atoms with Gasteiger partial charge in [0.05, 0.1) is 18.5 Å². The summed E-state index contributed by atoms with van der Waals surface area (Å²) >= 11 is 0. The van der Waals surface area contributed by atoms with Crippen molar-refractivity contribution in [2.45, 2.75) is 31.8 Å². The molecule has 32 heavy (non-hydrogen) atoms. The molecular formula is C24H20N4O4. The monoisotopic (exact) mass is 428 g/mol. The van der Waals surface area contributed by atoms with Crippen molar-refractivity contribution >= 4 is 17.7 Å². The molecule has 8 nitrogen and oxygen atoms in total. The highest BCUT2D eigenvalue weighted by Crippen LogP contribution is 2.36. The van der Waals surface area contributed by atoms with E-state index in [1.807, 2.05) is 30.3 Å². The third-order valence-corrected chi connectivity index (χ3v) is 6.45. The SMILES string of the molecule is O=C1CCC(N2Cc3cc(-c4cn[nH]c4-c4ccc5c(c4)CCO5)ccc3C2=O)C(=O)N1. The minimum Gasteiger partial charge on any atom is -0.493 e. The molecule has 3 amide bonds. The third-order valence-electron chi connectivity index (χ3n) is 6.45. The second-order valence-electron chi connectivity index (χ2n) is 8.35. The van der Waals surface area contributed by atoms with Gasteiger partial charge in [0.25, 0.3) is 5.91 Å². The molecule has 2 aromatic carbocycles. The van der Waals surface area contributed by atoms with Gasteiger partial charge in [-0.25, -0.2) is 0 Å². The standard InChI is InChI=1S/C24H20N4O4/c29-21-6-4-19(23(30)26-21)28-12-16-9-13(1-3-17(16)24(28)31)18-11-25-27-22(18)15-2-5-20-14(10-15)7-8-32-20/h1-3,5,9-11,19H,4,6-8,12H2,(H,25,27)(H,26,29,30). The number of carbonyl (C=O) groups excluding carboxylic acids is 3. The number of aromatic amines is 1. The van der Waals surface area contributed by atoms with E-state index in [2.05, 4.69) is 21.6 Å². The maximum Gasteiger partial charge on any atom is 0.255 e. The highest BCUT2D eigenvalue weighted by molar-refractivity contribution is 6.05. The van der Waals surface area contributed by atoms with Gasteiger partial charge in [0.1, 0.15) is 11.8 Å². The Bertz CT molecular complexity index is 1290. The fraction of sp³-hybridized carbons (Fsp3) is 0.250. The Labute approximate surface area is 183 Å². The van der Waals surface area contributed by atoms with Gasteiger partial charge in [0.2, 0.25) is 11.8 Å². The van der Waals surface area contributed by atoms with E-state index in [0.717, 1.165) is 40.1 Å². The summed E-state index contributed by atoms with van der Waals surface area (Å²) in [6.45, 7) is 1.05. The van der Waals surface area contributed by atoms with Gasteiger partial charge in [-0.15, -0.1) is 0 Å². The maximum atomic E-state index is 12.9. The number of H-pyrrole nitrogens is 1. The van der Waals surface area contributed by atoms with Crippen LogP contribution in [0, 0.1) is 0 Å². The van der Waals surface area contributed by atoms with Gasteiger partial charge in [-0.1, -0.05) is 6.07 Å². The molecule has 8 heteroatoms. The minimum atomic E-state index is -0.617. The number of nitrogens with zero attached hydrogens (tertiary/aromatic N) is 2. The van der Waals surface area contributed by atoms with Crippen molar-refractivity contribution in [1.29, 1.82) is 0 Å². The molecule has 0 radical (unpaired) electrons. The number of amides is 3. The normalized spacial score (nSPS) is 19.6. The lowest BCUT2D eigenvalue weighted by atomic mass is 9.97. The highest BCUT2D eigenvalue weighted by Gasteiger charge is 2.39. The number of hydrogen-bond acceptors (Lipinski definition) is 5. The number of fused-ring (bicyclic) bond motifs is 2. The van der Waals surface area contributed by atoms with Gasteiger partial charge in [-0.2, -0.15) is 5.10 Å². The number of ether oxygens (including phenoxy) is 1. The van der Waals surface area contributed by atoms with E-state index in [9.17, 15) is 14.4 Å². The second kappa shape index (κ2) is 7.05. The van der Waals surface area contributed by atoms with Crippen molar-refractivity contribution in [3.8, 4) is 28.1 Å². The molecule has 0 saturated carbocycles. The van der Waals surface area contributed by atoms with E-state index < -0.39 is 11.9 Å². The van der Waals surface area contributed by atoms with Crippen LogP contribution in [0.15, 0.2) is 42.6 Å². The van der Waals surface area contributed by atoms with Crippen LogP contribution in [0.4, 0.5) is 0 Å². The van der Waals surface area contributed by atoms with Crippen molar-refractivity contribution in [3.63, 3.8) is 0 Å². The molecular weight excluding hydrogens is 408 g/mol. The van der Waals surface area contributed by atoms with Crippen molar-refractivity contribution in [3.05, 3.63) is 59.3 Å². The van der Waals surface area contributed by atoms with Gasteiger partial charge in [-0.05, 0) is 53.4 Å². The number of benzene rings is 2. The molecule has 3 aliphatic rings. The quantitative estimate of drug-likeness (QED) is 0.624. The summed E-state index contributed by atoms with van der Waals surface area (Å²) in [5.74, 6) is 0.0649. The second-order valence-corrected chi connectivity index (χ2v) is 8.35. The summed E-state index contributed by atoms with van der Waals surface area (Å²) in [5, 5.41) is 9.71. The molecule has 6 rings (SSSR count). The number of rotatable bonds is 3. The van der Waals surface area contributed by atoms with E-state index in [1.54, 1.807) is 11.1 Å². The zero-order chi connectivity index (χ0) is 21.8. The molecule has 1 saturated heterocycles. The number of hydrogen-bond donors (Lipinski definition) is 2. The van der Waals surface area contributed by atoms with Crippen LogP contribution in [0.3, 0.4) is 0 Å². The van der Waals surface area contributed by atoms with Crippen LogP contribution in [0.1, 0.15) is 34.3 Å². The van der Waals surface area contributed by atoms with Crippen LogP contribution >= 0.6 is 0 Å². The summed E-state index contributed by atoms with van der Waals surface area (Å²) in [7, 11) is 0. The van der Waals surface area contributed by atoms with E-state index in [1.165, 1.54) is 5.56 Å². The van der Waals surface area contributed by atoms with Crippen molar-refractivity contribution in [2.75, 3.05) is 6.61 Å². The first kappa shape index (κ1) is 18.8. The van der Waals surface area contributed by atoms with Crippen LogP contribution in [0.5, 0.6) is 5.75 Å². The molecule has 160 valence electrons. The fourth-order valence-corrected chi connectivity index (χ4v) is 4.81. The number of imide groups is 1. The lowest BCUT2D eigenvalue weighted by Crippen LogP contribution is -2.52. The Morgan fingerprint density at radius 2 is 1.81 bits per heavy atom. The predicted octanol–water partition coefficient (Wildman–Crippen LogP) is 2.44. The maximum absolute atomic E-state index is 12.9. The van der Waals surface area contributed by atoms with Gasteiger partial charge in [0.15, 0.2) is 0 Å². The van der Waals surface area contributed by atoms with Gasteiger partial charge in [-0.3, -0.25) is 24.8 Å². The molecule has 1 atom stereocenters. The van der Waals surface area contributed by atoms with Gasteiger partial charge < -0.3 is 9.64 Å². The van der Waals surface area contributed by atoms with Crippen molar-refractivity contribution in [2.24, 2.45) is 0 Å².